The van der Waals surface area contributed by atoms with Gasteiger partial charge in [0.05, 0.1) is 18.7 Å². The third-order valence-corrected chi connectivity index (χ3v) is 6.29. The van der Waals surface area contributed by atoms with Gasteiger partial charge in [-0.3, -0.25) is 9.59 Å². The molecule has 3 N–H and O–H groups in total. The lowest BCUT2D eigenvalue weighted by Crippen LogP contribution is -3.14. The number of hydrogen-bond donors (Lipinski definition) is 3. The summed E-state index contributed by atoms with van der Waals surface area (Å²) in [6.45, 7) is 4.25. The molecule has 0 saturated carbocycles. The molecule has 0 atom stereocenters. The average molecular weight is 420 g/mol. The van der Waals surface area contributed by atoms with Crippen LogP contribution in [-0.2, 0) is 4.79 Å². The number of ether oxygens (including phenoxy) is 2. The molecule has 0 unspecified atom stereocenters. The van der Waals surface area contributed by atoms with Crippen LogP contribution in [0.2, 0.25) is 0 Å². The fraction of sp³-hybridized carbons (Fsp3) is 0.333. The minimum atomic E-state index is -0.0425. The van der Waals surface area contributed by atoms with E-state index in [1.807, 2.05) is 43.3 Å². The summed E-state index contributed by atoms with van der Waals surface area (Å²) >= 11 is 0. The molecule has 2 aromatic carbocycles. The number of aromatic amines is 1. The van der Waals surface area contributed by atoms with Crippen molar-refractivity contribution in [1.29, 1.82) is 0 Å². The fourth-order valence-corrected chi connectivity index (χ4v) is 4.64. The Morgan fingerprint density at radius 2 is 1.87 bits per heavy atom. The van der Waals surface area contributed by atoms with Gasteiger partial charge in [0, 0.05) is 47.1 Å². The number of aromatic nitrogens is 1. The zero-order chi connectivity index (χ0) is 21.4. The first-order valence-electron chi connectivity index (χ1n) is 10.7. The van der Waals surface area contributed by atoms with Gasteiger partial charge in [-0.1, -0.05) is 18.2 Å². The van der Waals surface area contributed by atoms with E-state index in [9.17, 15) is 9.59 Å². The number of fused-ring (bicyclic) bond motifs is 2. The van der Waals surface area contributed by atoms with Crippen molar-refractivity contribution >= 4 is 28.3 Å². The Hall–Kier alpha value is -3.32. The summed E-state index contributed by atoms with van der Waals surface area (Å²) < 4.78 is 10.7. The number of amides is 1. The van der Waals surface area contributed by atoms with Crippen molar-refractivity contribution in [3.63, 3.8) is 0 Å². The van der Waals surface area contributed by atoms with Crippen LogP contribution in [0.1, 0.15) is 28.9 Å². The van der Waals surface area contributed by atoms with E-state index in [2.05, 4.69) is 10.3 Å². The maximum absolute atomic E-state index is 13.0. The molecule has 3 aromatic rings. The lowest BCUT2D eigenvalue weighted by atomic mass is 9.95. The standard InChI is InChI=1S/C24H25N3O4/c1-15-23(18-4-2-3-5-19(18)25-15)20(28)13-27-10-8-16(9-11-27)24(29)26-17-6-7-21-22(12-17)31-14-30-21/h2-7,12,16,25H,8-11,13-14H2,1H3,(H,26,29)/p+1. The number of Topliss-reactive ketones (excluding diaryl/α,β-unsaturated/α-hetero) is 1. The largest absolute Gasteiger partial charge is 0.454 e. The molecule has 31 heavy (non-hydrogen) atoms. The third-order valence-electron chi connectivity index (χ3n) is 6.29. The molecule has 0 bridgehead atoms. The van der Waals surface area contributed by atoms with Gasteiger partial charge in [-0.25, -0.2) is 0 Å². The van der Waals surface area contributed by atoms with Gasteiger partial charge in [-0.15, -0.1) is 0 Å². The number of anilines is 1. The lowest BCUT2D eigenvalue weighted by molar-refractivity contribution is -0.897. The minimum absolute atomic E-state index is 0.0247. The Bertz CT molecular complexity index is 1140. The minimum Gasteiger partial charge on any atom is -0.454 e. The van der Waals surface area contributed by atoms with Crippen LogP contribution in [-0.4, -0.2) is 43.1 Å². The normalized spacial score (nSPS) is 20.0. The zero-order valence-electron chi connectivity index (χ0n) is 17.5. The first-order valence-corrected chi connectivity index (χ1v) is 10.7. The molecule has 1 aromatic heterocycles. The maximum atomic E-state index is 13.0. The van der Waals surface area contributed by atoms with Crippen LogP contribution in [0.4, 0.5) is 5.69 Å². The molecule has 1 fully saturated rings. The topological polar surface area (TPSA) is 84.9 Å². The predicted molar refractivity (Wildman–Crippen MR) is 117 cm³/mol. The number of quaternary nitrogens is 1. The molecule has 1 saturated heterocycles. The van der Waals surface area contributed by atoms with Crippen LogP contribution in [0.15, 0.2) is 42.5 Å². The van der Waals surface area contributed by atoms with Crippen molar-refractivity contribution in [2.45, 2.75) is 19.8 Å². The number of aryl methyl sites for hydroxylation is 1. The molecule has 160 valence electrons. The van der Waals surface area contributed by atoms with Crippen LogP contribution in [0, 0.1) is 12.8 Å². The Labute approximate surface area is 180 Å². The van der Waals surface area contributed by atoms with E-state index in [-0.39, 0.29) is 24.4 Å². The number of carbonyl (C=O) groups is 2. The van der Waals surface area contributed by atoms with Gasteiger partial charge in [-0.2, -0.15) is 0 Å². The van der Waals surface area contributed by atoms with E-state index in [4.69, 9.17) is 9.47 Å². The highest BCUT2D eigenvalue weighted by Gasteiger charge is 2.30. The second-order valence-electron chi connectivity index (χ2n) is 8.35. The van der Waals surface area contributed by atoms with E-state index in [0.717, 1.165) is 48.1 Å². The quantitative estimate of drug-likeness (QED) is 0.553. The molecule has 5 rings (SSSR count). The lowest BCUT2D eigenvalue weighted by Gasteiger charge is -2.28. The summed E-state index contributed by atoms with van der Waals surface area (Å²) in [4.78, 5) is 30.3. The second-order valence-corrected chi connectivity index (χ2v) is 8.35. The van der Waals surface area contributed by atoms with E-state index in [1.165, 1.54) is 4.90 Å². The predicted octanol–water partition coefficient (Wildman–Crippen LogP) is 2.32. The number of H-pyrrole nitrogens is 1. The third kappa shape index (κ3) is 3.88. The van der Waals surface area contributed by atoms with Gasteiger partial charge in [0.15, 0.2) is 11.5 Å². The van der Waals surface area contributed by atoms with E-state index in [1.54, 1.807) is 6.07 Å². The Balaban J connectivity index is 1.17. The number of para-hydroxylation sites is 1. The van der Waals surface area contributed by atoms with Crippen molar-refractivity contribution in [2.75, 3.05) is 31.7 Å². The molecule has 2 aliphatic rings. The molecule has 7 nitrogen and oxygen atoms in total. The molecule has 0 spiro atoms. The number of benzene rings is 2. The maximum Gasteiger partial charge on any atom is 0.231 e. The summed E-state index contributed by atoms with van der Waals surface area (Å²) in [6.07, 6.45) is 1.54. The smallest absolute Gasteiger partial charge is 0.231 e. The van der Waals surface area contributed by atoms with Gasteiger partial charge in [0.2, 0.25) is 18.5 Å². The van der Waals surface area contributed by atoms with Gasteiger partial charge in [0.25, 0.3) is 0 Å². The molecule has 0 aliphatic carbocycles. The van der Waals surface area contributed by atoms with Crippen LogP contribution in [0.25, 0.3) is 10.9 Å². The summed E-state index contributed by atoms with van der Waals surface area (Å²) in [5.41, 5.74) is 3.43. The van der Waals surface area contributed by atoms with Crippen molar-refractivity contribution in [1.82, 2.24) is 4.98 Å². The van der Waals surface area contributed by atoms with E-state index >= 15 is 0 Å². The zero-order valence-corrected chi connectivity index (χ0v) is 17.5. The molecule has 2 aliphatic heterocycles. The summed E-state index contributed by atoms with van der Waals surface area (Å²) in [6, 6.07) is 13.4. The first kappa shape index (κ1) is 19.6. The van der Waals surface area contributed by atoms with Crippen molar-refractivity contribution in [3.8, 4) is 11.5 Å². The van der Waals surface area contributed by atoms with E-state index < -0.39 is 0 Å². The Morgan fingerprint density at radius 1 is 1.10 bits per heavy atom. The SMILES string of the molecule is Cc1[nH]c2ccccc2c1C(=O)C[NH+]1CCC(C(=O)Nc2ccc3c(c2)OCO3)CC1. The van der Waals surface area contributed by atoms with Crippen LogP contribution < -0.4 is 19.7 Å². The monoisotopic (exact) mass is 420 g/mol. The van der Waals surface area contributed by atoms with Gasteiger partial charge < -0.3 is 24.7 Å². The highest BCUT2D eigenvalue weighted by molar-refractivity contribution is 6.09. The van der Waals surface area contributed by atoms with Crippen LogP contribution in [0.3, 0.4) is 0 Å². The van der Waals surface area contributed by atoms with Crippen LogP contribution in [0.5, 0.6) is 11.5 Å². The fourth-order valence-electron chi connectivity index (χ4n) is 4.64. The summed E-state index contributed by atoms with van der Waals surface area (Å²) in [5.74, 6) is 1.50. The van der Waals surface area contributed by atoms with Gasteiger partial charge in [-0.05, 0) is 25.1 Å². The molecular formula is C24H26N3O4+. The Morgan fingerprint density at radius 3 is 2.71 bits per heavy atom. The molecule has 3 heterocycles. The molecule has 7 heteroatoms. The van der Waals surface area contributed by atoms with Gasteiger partial charge in [0.1, 0.15) is 6.54 Å². The first-order chi connectivity index (χ1) is 15.1. The number of piperidine rings is 1. The number of nitrogens with one attached hydrogen (secondary N) is 3. The number of hydrogen-bond acceptors (Lipinski definition) is 4. The number of carbonyl (C=O) groups excluding carboxylic acids is 2. The second kappa shape index (κ2) is 8.07. The average Bonchev–Trinajstić information content (AvgIpc) is 3.37. The molecular weight excluding hydrogens is 394 g/mol. The number of likely N-dealkylation sites (tertiary alicyclic amines) is 1. The Kier molecular flexibility index (Phi) is 5.11. The van der Waals surface area contributed by atoms with E-state index in [0.29, 0.717) is 23.7 Å². The van der Waals surface area contributed by atoms with Crippen molar-refractivity contribution < 1.29 is 24.0 Å². The van der Waals surface area contributed by atoms with Crippen LogP contribution >= 0.6 is 0 Å². The van der Waals surface area contributed by atoms with Gasteiger partial charge >= 0.3 is 0 Å². The summed E-state index contributed by atoms with van der Waals surface area (Å²) in [5, 5.41) is 3.98. The highest BCUT2D eigenvalue weighted by atomic mass is 16.7. The summed E-state index contributed by atoms with van der Waals surface area (Å²) in [7, 11) is 0. The number of ketones is 1. The number of rotatable bonds is 5. The van der Waals surface area contributed by atoms with Crippen molar-refractivity contribution in [2.24, 2.45) is 5.92 Å². The molecule has 0 radical (unpaired) electrons. The highest BCUT2D eigenvalue weighted by Crippen LogP contribution is 2.34. The molecule has 1 amide bonds. The van der Waals surface area contributed by atoms with Crippen molar-refractivity contribution in [3.05, 3.63) is 53.7 Å².